The first-order valence-electron chi connectivity index (χ1n) is 3.72. The van der Waals surface area contributed by atoms with Crippen molar-refractivity contribution in [3.05, 3.63) is 45.1 Å². The van der Waals surface area contributed by atoms with Crippen LogP contribution < -0.4 is 11.2 Å². The molecule has 0 bridgehead atoms. The second-order valence-corrected chi connectivity index (χ2v) is 3.34. The van der Waals surface area contributed by atoms with Crippen molar-refractivity contribution in [2.24, 2.45) is 0 Å². The Morgan fingerprint density at radius 2 is 1.64 bits per heavy atom. The maximum Gasteiger partial charge on any atom is 0.361 e. The van der Waals surface area contributed by atoms with Crippen LogP contribution in [0, 0.1) is 0 Å². The monoisotopic (exact) mass is 230 g/mol. The van der Waals surface area contributed by atoms with Gasteiger partial charge < -0.3 is 0 Å². The first kappa shape index (κ1) is 9.30. The molecule has 1 aromatic heterocycles. The van der Waals surface area contributed by atoms with Crippen molar-refractivity contribution in [1.82, 2.24) is 8.17 Å². The van der Waals surface area contributed by atoms with E-state index in [-0.39, 0.29) is 0 Å². The molecular formula is C8H4Cl2N2O2. The molecule has 0 unspecified atom stereocenters. The molecule has 1 aromatic carbocycles. The summed E-state index contributed by atoms with van der Waals surface area (Å²) in [6, 6.07) is 6.47. The minimum atomic E-state index is -0.767. The number of fused-ring (bicyclic) bond motifs is 1. The van der Waals surface area contributed by atoms with Gasteiger partial charge in [0, 0.05) is 23.6 Å². The second-order valence-electron chi connectivity index (χ2n) is 2.67. The largest absolute Gasteiger partial charge is 0.361 e. The SMILES string of the molecule is O=c1c2ccccc2n(Cl)c(=O)n1Cl. The Hall–Kier alpha value is -1.26. The van der Waals surface area contributed by atoms with Crippen LogP contribution in [0.5, 0.6) is 0 Å². The van der Waals surface area contributed by atoms with Gasteiger partial charge in [-0.3, -0.25) is 4.79 Å². The third-order valence-electron chi connectivity index (χ3n) is 1.86. The summed E-state index contributed by atoms with van der Waals surface area (Å²) in [6.07, 6.45) is 0. The zero-order valence-corrected chi connectivity index (χ0v) is 8.29. The van der Waals surface area contributed by atoms with E-state index in [1.807, 2.05) is 0 Å². The summed E-state index contributed by atoms with van der Waals surface area (Å²) < 4.78 is 1.26. The van der Waals surface area contributed by atoms with Crippen molar-refractivity contribution >= 4 is 34.5 Å². The van der Waals surface area contributed by atoms with Crippen molar-refractivity contribution < 1.29 is 0 Å². The van der Waals surface area contributed by atoms with Gasteiger partial charge in [0.15, 0.2) is 0 Å². The van der Waals surface area contributed by atoms with Crippen LogP contribution in [0.15, 0.2) is 33.9 Å². The highest BCUT2D eigenvalue weighted by atomic mass is 35.5. The summed E-state index contributed by atoms with van der Waals surface area (Å²) in [5.74, 6) is 0. The fourth-order valence-electron chi connectivity index (χ4n) is 1.20. The van der Waals surface area contributed by atoms with Gasteiger partial charge in [0.2, 0.25) is 0 Å². The average Bonchev–Trinajstić information content (AvgIpc) is 2.23. The summed E-state index contributed by atoms with van der Waals surface area (Å²) in [5.41, 5.74) is -0.984. The van der Waals surface area contributed by atoms with Crippen LogP contribution in [0.25, 0.3) is 10.9 Å². The molecule has 0 fully saturated rings. The molecule has 2 aromatic rings. The summed E-state index contributed by atoms with van der Waals surface area (Å²) in [7, 11) is 0. The van der Waals surface area contributed by atoms with Gasteiger partial charge in [-0.25, -0.2) is 8.88 Å². The molecule has 0 aliphatic carbocycles. The molecule has 0 spiro atoms. The topological polar surface area (TPSA) is 44.0 Å². The maximum atomic E-state index is 11.5. The Labute approximate surface area is 88.1 Å². The number of hydrogen-bond donors (Lipinski definition) is 0. The Balaban J connectivity index is 3.19. The van der Waals surface area contributed by atoms with Crippen molar-refractivity contribution in [2.75, 3.05) is 0 Å². The molecule has 4 nitrogen and oxygen atoms in total. The zero-order chi connectivity index (χ0) is 10.3. The minimum absolute atomic E-state index is 0.303. The molecule has 0 saturated carbocycles. The Morgan fingerprint density at radius 1 is 1.00 bits per heavy atom. The lowest BCUT2D eigenvalue weighted by atomic mass is 10.2. The Kier molecular flexibility index (Phi) is 2.09. The van der Waals surface area contributed by atoms with Gasteiger partial charge in [0.05, 0.1) is 10.9 Å². The molecule has 0 aliphatic heterocycles. The van der Waals surface area contributed by atoms with Gasteiger partial charge in [-0.1, -0.05) is 12.1 Å². The molecule has 0 saturated heterocycles. The van der Waals surface area contributed by atoms with Crippen LogP contribution in [0.1, 0.15) is 0 Å². The fourth-order valence-corrected chi connectivity index (χ4v) is 1.63. The van der Waals surface area contributed by atoms with Gasteiger partial charge in [0.1, 0.15) is 0 Å². The predicted molar refractivity (Wildman–Crippen MR) is 55.0 cm³/mol. The zero-order valence-electron chi connectivity index (χ0n) is 6.78. The van der Waals surface area contributed by atoms with E-state index < -0.39 is 11.2 Å². The third-order valence-corrected chi connectivity index (χ3v) is 2.48. The highest BCUT2D eigenvalue weighted by Crippen LogP contribution is 2.07. The molecule has 0 aliphatic rings. The fraction of sp³-hybridized carbons (Fsp3) is 0. The molecule has 14 heavy (non-hydrogen) atoms. The van der Waals surface area contributed by atoms with Crippen molar-refractivity contribution in [3.8, 4) is 0 Å². The summed E-state index contributed by atoms with van der Waals surface area (Å²) in [6.45, 7) is 0. The van der Waals surface area contributed by atoms with E-state index >= 15 is 0 Å². The van der Waals surface area contributed by atoms with Crippen LogP contribution >= 0.6 is 23.6 Å². The summed E-state index contributed by atoms with van der Waals surface area (Å²) in [5, 5.41) is 0.303. The molecule has 6 heteroatoms. The molecule has 1 heterocycles. The Bertz CT molecular complexity index is 615. The lowest BCUT2D eigenvalue weighted by Gasteiger charge is -2.01. The molecule has 0 atom stereocenters. The van der Waals surface area contributed by atoms with Crippen molar-refractivity contribution in [3.63, 3.8) is 0 Å². The van der Waals surface area contributed by atoms with Crippen LogP contribution in [0.2, 0.25) is 0 Å². The smallest absolute Gasteiger partial charge is 0.267 e. The van der Waals surface area contributed by atoms with E-state index in [1.54, 1.807) is 24.3 Å². The van der Waals surface area contributed by atoms with Crippen molar-refractivity contribution in [2.45, 2.75) is 0 Å². The molecule has 2 rings (SSSR count). The molecule has 0 radical (unpaired) electrons. The van der Waals surface area contributed by atoms with Gasteiger partial charge in [0.25, 0.3) is 5.56 Å². The number of hydrogen-bond acceptors (Lipinski definition) is 2. The van der Waals surface area contributed by atoms with Crippen LogP contribution in [-0.2, 0) is 0 Å². The summed E-state index contributed by atoms with van der Waals surface area (Å²) in [4.78, 5) is 22.7. The first-order chi connectivity index (χ1) is 6.63. The number of para-hydroxylation sites is 1. The molecular weight excluding hydrogens is 227 g/mol. The number of nitrogens with zero attached hydrogens (tertiary/aromatic N) is 2. The molecule has 0 N–H and O–H groups in total. The standard InChI is InChI=1S/C8H4Cl2N2O2/c9-11-6-4-2-1-3-5(6)7(13)12(10)8(11)14/h1-4H. The number of halogens is 2. The van der Waals surface area contributed by atoms with Crippen LogP contribution in [-0.4, -0.2) is 8.17 Å². The lowest BCUT2D eigenvalue weighted by molar-refractivity contribution is 0.961. The van der Waals surface area contributed by atoms with Crippen LogP contribution in [0.3, 0.4) is 0 Å². The quantitative estimate of drug-likeness (QED) is 0.682. The minimum Gasteiger partial charge on any atom is -0.267 e. The van der Waals surface area contributed by atoms with E-state index in [9.17, 15) is 9.59 Å². The maximum absolute atomic E-state index is 11.5. The van der Waals surface area contributed by atoms with Crippen molar-refractivity contribution in [1.29, 1.82) is 0 Å². The second kappa shape index (κ2) is 3.15. The highest BCUT2D eigenvalue weighted by molar-refractivity contribution is 6.20. The Morgan fingerprint density at radius 3 is 2.36 bits per heavy atom. The number of benzene rings is 1. The highest BCUT2D eigenvalue weighted by Gasteiger charge is 2.09. The third kappa shape index (κ3) is 1.15. The van der Waals surface area contributed by atoms with Gasteiger partial charge in [-0.15, -0.1) is 0 Å². The normalized spacial score (nSPS) is 10.7. The molecule has 0 amide bonds. The number of rotatable bonds is 0. The van der Waals surface area contributed by atoms with E-state index in [1.165, 1.54) is 0 Å². The van der Waals surface area contributed by atoms with E-state index in [2.05, 4.69) is 0 Å². The predicted octanol–water partition coefficient (Wildman–Crippen LogP) is 1.17. The van der Waals surface area contributed by atoms with E-state index in [0.29, 0.717) is 15.0 Å². The summed E-state index contributed by atoms with van der Waals surface area (Å²) >= 11 is 11.1. The van der Waals surface area contributed by atoms with Gasteiger partial charge >= 0.3 is 5.69 Å². The lowest BCUT2D eigenvalue weighted by Crippen LogP contribution is -2.32. The van der Waals surface area contributed by atoms with E-state index in [4.69, 9.17) is 23.6 Å². The number of aromatic nitrogens is 2. The van der Waals surface area contributed by atoms with Gasteiger partial charge in [-0.2, -0.15) is 4.09 Å². The average molecular weight is 231 g/mol. The first-order valence-corrected chi connectivity index (χ1v) is 4.39. The van der Waals surface area contributed by atoms with Gasteiger partial charge in [-0.05, 0) is 12.1 Å². The van der Waals surface area contributed by atoms with E-state index in [0.717, 1.165) is 4.09 Å². The van der Waals surface area contributed by atoms with Crippen LogP contribution in [0.4, 0.5) is 0 Å². The molecule has 72 valence electrons.